The van der Waals surface area contributed by atoms with Crippen LogP contribution < -0.4 is 15.5 Å². The van der Waals surface area contributed by atoms with E-state index >= 15 is 0 Å². The zero-order valence-electron chi connectivity index (χ0n) is 17.8. The Balaban J connectivity index is 1.37. The van der Waals surface area contributed by atoms with Crippen LogP contribution >= 0.6 is 0 Å². The Morgan fingerprint density at radius 1 is 0.818 bits per heavy atom. The molecule has 0 atom stereocenters. The van der Waals surface area contributed by atoms with Gasteiger partial charge in [0.25, 0.3) is 5.95 Å². The molecule has 0 bridgehead atoms. The van der Waals surface area contributed by atoms with Crippen molar-refractivity contribution in [3.8, 4) is 17.3 Å². The lowest BCUT2D eigenvalue weighted by molar-refractivity contribution is 0.122. The van der Waals surface area contributed by atoms with Crippen molar-refractivity contribution in [2.75, 3.05) is 41.8 Å². The van der Waals surface area contributed by atoms with E-state index in [2.05, 4.69) is 30.6 Å². The number of morpholine rings is 1. The van der Waals surface area contributed by atoms with Gasteiger partial charge in [-0.3, -0.25) is 0 Å². The summed E-state index contributed by atoms with van der Waals surface area (Å²) in [6.07, 6.45) is 3.47. The predicted octanol–water partition coefficient (Wildman–Crippen LogP) is 3.20. The molecule has 2 amide bonds. The van der Waals surface area contributed by atoms with E-state index in [0.717, 1.165) is 11.3 Å². The summed E-state index contributed by atoms with van der Waals surface area (Å²) in [4.78, 5) is 28.2. The molecular formula is C23H22N8O2. The Bertz CT molecular complexity index is 1210. The fourth-order valence-electron chi connectivity index (χ4n) is 3.39. The minimum Gasteiger partial charge on any atom is -0.378 e. The molecule has 33 heavy (non-hydrogen) atoms. The van der Waals surface area contributed by atoms with Crippen LogP contribution in [0, 0.1) is 0 Å². The summed E-state index contributed by atoms with van der Waals surface area (Å²) in [6, 6.07) is 18.1. The van der Waals surface area contributed by atoms with Gasteiger partial charge in [0.1, 0.15) is 0 Å². The average Bonchev–Trinajstić information content (AvgIpc) is 3.41. The van der Waals surface area contributed by atoms with Crippen molar-refractivity contribution in [2.24, 2.45) is 0 Å². The number of nitrogens with zero attached hydrogens (tertiary/aromatic N) is 6. The number of benzene rings is 2. The summed E-state index contributed by atoms with van der Waals surface area (Å²) < 4.78 is 7.06. The van der Waals surface area contributed by atoms with Crippen LogP contribution in [0.2, 0.25) is 0 Å². The normalized spacial score (nSPS) is 13.5. The van der Waals surface area contributed by atoms with Gasteiger partial charge in [0.15, 0.2) is 5.82 Å². The standard InChI is InChI=1S/C23H22N8O2/c32-23(25-18-5-2-1-3-6-18)26-19-9-7-17(8-10-19)20-27-21(30-13-15-33-16-14-30)29-22(28-20)31-12-4-11-24-31/h1-12H,13-16H2,(H2,25,26,32). The van der Waals surface area contributed by atoms with E-state index in [4.69, 9.17) is 9.72 Å². The zero-order chi connectivity index (χ0) is 22.5. The van der Waals surface area contributed by atoms with E-state index < -0.39 is 0 Å². The van der Waals surface area contributed by atoms with Crippen LogP contribution in [0.3, 0.4) is 0 Å². The SMILES string of the molecule is O=C(Nc1ccccc1)Nc1ccc(-c2nc(N3CCOCC3)nc(-n3cccn3)n2)cc1. The fourth-order valence-corrected chi connectivity index (χ4v) is 3.39. The third-order valence-electron chi connectivity index (χ3n) is 5.05. The van der Waals surface area contributed by atoms with Gasteiger partial charge in [-0.25, -0.2) is 9.48 Å². The maximum absolute atomic E-state index is 12.3. The molecule has 10 heteroatoms. The Labute approximate surface area is 190 Å². The lowest BCUT2D eigenvalue weighted by atomic mass is 10.2. The van der Waals surface area contributed by atoms with E-state index in [-0.39, 0.29) is 6.03 Å². The highest BCUT2D eigenvalue weighted by Crippen LogP contribution is 2.22. The molecule has 3 heterocycles. The molecule has 2 aromatic carbocycles. The lowest BCUT2D eigenvalue weighted by Crippen LogP contribution is -2.37. The number of rotatable bonds is 5. The second-order valence-corrected chi connectivity index (χ2v) is 7.33. The minimum absolute atomic E-state index is 0.315. The van der Waals surface area contributed by atoms with Gasteiger partial charge in [-0.1, -0.05) is 18.2 Å². The van der Waals surface area contributed by atoms with E-state index in [1.807, 2.05) is 60.7 Å². The van der Waals surface area contributed by atoms with Crippen molar-refractivity contribution < 1.29 is 9.53 Å². The van der Waals surface area contributed by atoms with Crippen LogP contribution in [0.1, 0.15) is 0 Å². The van der Waals surface area contributed by atoms with E-state index in [0.29, 0.717) is 49.7 Å². The molecule has 2 N–H and O–H groups in total. The summed E-state index contributed by atoms with van der Waals surface area (Å²) >= 11 is 0. The molecule has 1 fully saturated rings. The lowest BCUT2D eigenvalue weighted by Gasteiger charge is -2.27. The Morgan fingerprint density at radius 3 is 2.21 bits per heavy atom. The van der Waals surface area contributed by atoms with Gasteiger partial charge in [0, 0.05) is 42.4 Å². The first-order valence-electron chi connectivity index (χ1n) is 10.6. The number of ether oxygens (including phenoxy) is 1. The van der Waals surface area contributed by atoms with E-state index in [9.17, 15) is 4.79 Å². The summed E-state index contributed by atoms with van der Waals surface area (Å²) in [7, 11) is 0. The minimum atomic E-state index is -0.315. The molecule has 10 nitrogen and oxygen atoms in total. The van der Waals surface area contributed by atoms with E-state index in [1.165, 1.54) is 0 Å². The highest BCUT2D eigenvalue weighted by Gasteiger charge is 2.18. The molecular weight excluding hydrogens is 420 g/mol. The first-order chi connectivity index (χ1) is 16.2. The summed E-state index contributed by atoms with van der Waals surface area (Å²) in [5.41, 5.74) is 2.18. The van der Waals surface area contributed by atoms with Crippen molar-refractivity contribution in [1.29, 1.82) is 0 Å². The molecule has 5 rings (SSSR count). The smallest absolute Gasteiger partial charge is 0.323 e. The molecule has 0 aliphatic carbocycles. The van der Waals surface area contributed by atoms with Crippen LogP contribution in [-0.2, 0) is 4.74 Å². The van der Waals surface area contributed by atoms with Crippen molar-refractivity contribution in [2.45, 2.75) is 0 Å². The molecule has 4 aromatic rings. The highest BCUT2D eigenvalue weighted by atomic mass is 16.5. The van der Waals surface area contributed by atoms with Crippen molar-refractivity contribution in [3.63, 3.8) is 0 Å². The summed E-state index contributed by atoms with van der Waals surface area (Å²) in [6.45, 7) is 2.68. The van der Waals surface area contributed by atoms with Gasteiger partial charge in [-0.05, 0) is 42.5 Å². The number of hydrogen-bond acceptors (Lipinski definition) is 7. The van der Waals surface area contributed by atoms with Gasteiger partial charge >= 0.3 is 6.03 Å². The number of nitrogens with one attached hydrogen (secondary N) is 2. The molecule has 1 aliphatic heterocycles. The van der Waals surface area contributed by atoms with Gasteiger partial charge in [0.2, 0.25) is 5.95 Å². The zero-order valence-corrected chi connectivity index (χ0v) is 17.8. The second-order valence-electron chi connectivity index (χ2n) is 7.33. The van der Waals surface area contributed by atoms with Crippen LogP contribution in [0.4, 0.5) is 22.1 Å². The highest BCUT2D eigenvalue weighted by molar-refractivity contribution is 5.99. The van der Waals surface area contributed by atoms with Gasteiger partial charge < -0.3 is 20.3 Å². The van der Waals surface area contributed by atoms with Crippen LogP contribution in [0.15, 0.2) is 73.1 Å². The number of anilines is 3. The Kier molecular flexibility index (Phi) is 5.89. The van der Waals surface area contributed by atoms with Crippen LogP contribution in [0.25, 0.3) is 17.3 Å². The fraction of sp³-hybridized carbons (Fsp3) is 0.174. The van der Waals surface area contributed by atoms with E-state index in [1.54, 1.807) is 17.1 Å². The van der Waals surface area contributed by atoms with Crippen molar-refractivity contribution >= 4 is 23.4 Å². The molecule has 2 aromatic heterocycles. The first kappa shape index (κ1) is 20.6. The second kappa shape index (κ2) is 9.45. The summed E-state index contributed by atoms with van der Waals surface area (Å²) in [5, 5.41) is 9.88. The Hall–Kier alpha value is -4.31. The van der Waals surface area contributed by atoms with Gasteiger partial charge in [-0.2, -0.15) is 20.1 Å². The number of hydrogen-bond donors (Lipinski definition) is 2. The van der Waals surface area contributed by atoms with Gasteiger partial charge in [0.05, 0.1) is 13.2 Å². The quantitative estimate of drug-likeness (QED) is 0.488. The number of amides is 2. The largest absolute Gasteiger partial charge is 0.378 e. The third-order valence-corrected chi connectivity index (χ3v) is 5.05. The number of carbonyl (C=O) groups is 1. The van der Waals surface area contributed by atoms with Crippen LogP contribution in [0.5, 0.6) is 0 Å². The van der Waals surface area contributed by atoms with Gasteiger partial charge in [-0.15, -0.1) is 0 Å². The van der Waals surface area contributed by atoms with Crippen LogP contribution in [-0.4, -0.2) is 57.1 Å². The van der Waals surface area contributed by atoms with Crippen molar-refractivity contribution in [1.82, 2.24) is 24.7 Å². The first-order valence-corrected chi connectivity index (χ1v) is 10.6. The number of carbonyl (C=O) groups excluding carboxylic acids is 1. The molecule has 1 aliphatic rings. The molecule has 0 radical (unpaired) electrons. The monoisotopic (exact) mass is 442 g/mol. The predicted molar refractivity (Wildman–Crippen MR) is 125 cm³/mol. The molecule has 0 saturated carbocycles. The maximum atomic E-state index is 12.3. The summed E-state index contributed by atoms with van der Waals surface area (Å²) in [5.74, 6) is 1.55. The van der Waals surface area contributed by atoms with Crippen molar-refractivity contribution in [3.05, 3.63) is 73.1 Å². The molecule has 0 unspecified atom stereocenters. The number of aromatic nitrogens is 5. The maximum Gasteiger partial charge on any atom is 0.323 e. The topological polar surface area (TPSA) is 110 Å². The number of urea groups is 1. The number of para-hydroxylation sites is 1. The average molecular weight is 442 g/mol. The Morgan fingerprint density at radius 2 is 1.52 bits per heavy atom. The molecule has 0 spiro atoms. The molecule has 166 valence electrons. The molecule has 1 saturated heterocycles. The third kappa shape index (κ3) is 4.96.